The van der Waals surface area contributed by atoms with E-state index < -0.39 is 0 Å². The van der Waals surface area contributed by atoms with Crippen LogP contribution in [0, 0.1) is 0 Å². The van der Waals surface area contributed by atoms with Crippen molar-refractivity contribution in [2.45, 2.75) is 32.9 Å². The SMILES string of the molecule is COc1cccc(NC(N)=NCc2ncnn2C(C)(C)C)c1.I. The van der Waals surface area contributed by atoms with E-state index in [-0.39, 0.29) is 29.5 Å². The third-order valence-electron chi connectivity index (χ3n) is 2.99. The first kappa shape index (κ1) is 19.2. The quantitative estimate of drug-likeness (QED) is 0.442. The molecule has 0 radical (unpaired) electrons. The van der Waals surface area contributed by atoms with Gasteiger partial charge >= 0.3 is 0 Å². The van der Waals surface area contributed by atoms with Crippen molar-refractivity contribution in [2.75, 3.05) is 12.4 Å². The second-order valence-electron chi connectivity index (χ2n) is 5.82. The molecule has 0 aliphatic heterocycles. The highest BCUT2D eigenvalue weighted by molar-refractivity contribution is 14.0. The van der Waals surface area contributed by atoms with Gasteiger partial charge in [-0.2, -0.15) is 5.10 Å². The molecule has 1 heterocycles. The van der Waals surface area contributed by atoms with Crippen LogP contribution < -0.4 is 15.8 Å². The van der Waals surface area contributed by atoms with E-state index >= 15 is 0 Å². The molecule has 0 fully saturated rings. The lowest BCUT2D eigenvalue weighted by Crippen LogP contribution is -2.26. The van der Waals surface area contributed by atoms with Crippen LogP contribution >= 0.6 is 24.0 Å². The highest BCUT2D eigenvalue weighted by Crippen LogP contribution is 2.17. The largest absolute Gasteiger partial charge is 0.497 e. The van der Waals surface area contributed by atoms with E-state index in [1.54, 1.807) is 7.11 Å². The van der Waals surface area contributed by atoms with E-state index in [1.165, 1.54) is 6.33 Å². The van der Waals surface area contributed by atoms with Crippen molar-refractivity contribution in [2.24, 2.45) is 10.7 Å². The lowest BCUT2D eigenvalue weighted by Gasteiger charge is -2.20. The number of rotatable bonds is 4. The topological polar surface area (TPSA) is 90.3 Å². The summed E-state index contributed by atoms with van der Waals surface area (Å²) in [4.78, 5) is 8.54. The number of aliphatic imine (C=N–C) groups is 1. The van der Waals surface area contributed by atoms with Gasteiger partial charge in [-0.25, -0.2) is 14.7 Å². The summed E-state index contributed by atoms with van der Waals surface area (Å²) in [5.41, 5.74) is 6.59. The molecule has 3 N–H and O–H groups in total. The van der Waals surface area contributed by atoms with Crippen LogP contribution in [0.5, 0.6) is 5.75 Å². The minimum atomic E-state index is -0.143. The van der Waals surface area contributed by atoms with Crippen molar-refractivity contribution in [3.05, 3.63) is 36.4 Å². The number of nitrogens with zero attached hydrogens (tertiary/aromatic N) is 4. The molecule has 1 aromatic heterocycles. The number of hydrogen-bond acceptors (Lipinski definition) is 4. The Morgan fingerprint density at radius 3 is 2.78 bits per heavy atom. The number of nitrogens with one attached hydrogen (secondary N) is 1. The molecule has 0 saturated carbocycles. The third kappa shape index (κ3) is 5.38. The summed E-state index contributed by atoms with van der Waals surface area (Å²) >= 11 is 0. The molecule has 7 nitrogen and oxygen atoms in total. The van der Waals surface area contributed by atoms with E-state index in [2.05, 4.69) is 41.2 Å². The Kier molecular flexibility index (Phi) is 6.79. The highest BCUT2D eigenvalue weighted by Gasteiger charge is 2.17. The molecule has 8 heteroatoms. The molecule has 0 bridgehead atoms. The Balaban J connectivity index is 0.00000264. The Hall–Kier alpha value is -1.84. The summed E-state index contributed by atoms with van der Waals surface area (Å²) in [5.74, 6) is 1.84. The Bertz CT molecular complexity index is 662. The normalized spacial score (nSPS) is 11.7. The van der Waals surface area contributed by atoms with E-state index in [4.69, 9.17) is 10.5 Å². The summed E-state index contributed by atoms with van der Waals surface area (Å²) in [6, 6.07) is 7.48. The molecule has 0 amide bonds. The predicted octanol–water partition coefficient (Wildman–Crippen LogP) is 2.59. The molecule has 0 unspecified atom stereocenters. The Morgan fingerprint density at radius 2 is 2.13 bits per heavy atom. The minimum absolute atomic E-state index is 0. The predicted molar refractivity (Wildman–Crippen MR) is 102 cm³/mol. The van der Waals surface area contributed by atoms with Gasteiger partial charge in [0, 0.05) is 11.8 Å². The van der Waals surface area contributed by atoms with Gasteiger partial charge in [0.1, 0.15) is 24.4 Å². The number of anilines is 1. The van der Waals surface area contributed by atoms with Crippen molar-refractivity contribution in [3.8, 4) is 5.75 Å². The van der Waals surface area contributed by atoms with Gasteiger partial charge in [-0.1, -0.05) is 6.07 Å². The van der Waals surface area contributed by atoms with Crippen molar-refractivity contribution in [3.63, 3.8) is 0 Å². The lowest BCUT2D eigenvalue weighted by atomic mass is 10.1. The second-order valence-corrected chi connectivity index (χ2v) is 5.82. The smallest absolute Gasteiger partial charge is 0.193 e. The van der Waals surface area contributed by atoms with Gasteiger partial charge in [0.05, 0.1) is 12.6 Å². The van der Waals surface area contributed by atoms with Gasteiger partial charge in [0.15, 0.2) is 5.96 Å². The fourth-order valence-corrected chi connectivity index (χ4v) is 1.98. The Labute approximate surface area is 153 Å². The van der Waals surface area contributed by atoms with Crippen LogP contribution in [0.1, 0.15) is 26.6 Å². The van der Waals surface area contributed by atoms with E-state index in [1.807, 2.05) is 28.9 Å². The molecule has 2 rings (SSSR count). The first-order valence-electron chi connectivity index (χ1n) is 7.00. The highest BCUT2D eigenvalue weighted by atomic mass is 127. The number of aromatic nitrogens is 3. The fraction of sp³-hybridized carbons (Fsp3) is 0.400. The molecule has 0 spiro atoms. The molecule has 0 aliphatic rings. The maximum Gasteiger partial charge on any atom is 0.193 e. The fourth-order valence-electron chi connectivity index (χ4n) is 1.98. The van der Waals surface area contributed by atoms with Gasteiger partial charge in [0.2, 0.25) is 0 Å². The molecule has 1 aromatic carbocycles. The molecule has 0 atom stereocenters. The van der Waals surface area contributed by atoms with E-state index in [9.17, 15) is 0 Å². The first-order valence-corrected chi connectivity index (χ1v) is 7.00. The van der Waals surface area contributed by atoms with Crippen LogP contribution in [0.3, 0.4) is 0 Å². The summed E-state index contributed by atoms with van der Waals surface area (Å²) in [5, 5.41) is 7.26. The average molecular weight is 430 g/mol. The van der Waals surface area contributed by atoms with Gasteiger partial charge in [-0.15, -0.1) is 24.0 Å². The zero-order chi connectivity index (χ0) is 16.2. The summed E-state index contributed by atoms with van der Waals surface area (Å²) < 4.78 is 7.01. The van der Waals surface area contributed by atoms with Gasteiger partial charge in [-0.05, 0) is 32.9 Å². The lowest BCUT2D eigenvalue weighted by molar-refractivity contribution is 0.342. The van der Waals surface area contributed by atoms with Gasteiger partial charge in [-0.3, -0.25) is 0 Å². The van der Waals surface area contributed by atoms with Crippen molar-refractivity contribution >= 4 is 35.6 Å². The first-order chi connectivity index (χ1) is 10.4. The number of hydrogen-bond donors (Lipinski definition) is 2. The standard InChI is InChI=1S/C15H22N6O.HI/c1-15(2,3)21-13(18-10-19-21)9-17-14(16)20-11-6-5-7-12(8-11)22-4;/h5-8,10H,9H2,1-4H3,(H3,16,17,20);1H. The van der Waals surface area contributed by atoms with E-state index in [0.29, 0.717) is 12.5 Å². The number of nitrogens with two attached hydrogens (primary N) is 1. The zero-order valence-corrected chi connectivity index (χ0v) is 16.1. The van der Waals surface area contributed by atoms with Gasteiger partial charge in [0.25, 0.3) is 0 Å². The van der Waals surface area contributed by atoms with Crippen LogP contribution in [0.2, 0.25) is 0 Å². The average Bonchev–Trinajstić information content (AvgIpc) is 2.94. The molecular formula is C15H23IN6O. The maximum absolute atomic E-state index is 5.91. The molecular weight excluding hydrogens is 407 g/mol. The van der Waals surface area contributed by atoms with Crippen molar-refractivity contribution in [1.82, 2.24) is 14.8 Å². The molecule has 23 heavy (non-hydrogen) atoms. The van der Waals surface area contributed by atoms with Gasteiger partial charge < -0.3 is 15.8 Å². The summed E-state index contributed by atoms with van der Waals surface area (Å²) in [6.45, 7) is 6.55. The van der Waals surface area contributed by atoms with Crippen LogP contribution in [-0.2, 0) is 12.1 Å². The molecule has 2 aromatic rings. The van der Waals surface area contributed by atoms with Crippen LogP contribution in [0.25, 0.3) is 0 Å². The van der Waals surface area contributed by atoms with Crippen molar-refractivity contribution in [1.29, 1.82) is 0 Å². The van der Waals surface area contributed by atoms with E-state index in [0.717, 1.165) is 17.3 Å². The number of methoxy groups -OCH3 is 1. The maximum atomic E-state index is 5.91. The van der Waals surface area contributed by atoms with Crippen molar-refractivity contribution < 1.29 is 4.74 Å². The Morgan fingerprint density at radius 1 is 1.39 bits per heavy atom. The van der Waals surface area contributed by atoms with Crippen LogP contribution in [-0.4, -0.2) is 27.8 Å². The third-order valence-corrected chi connectivity index (χ3v) is 2.99. The molecule has 0 aliphatic carbocycles. The molecule has 126 valence electrons. The number of halogens is 1. The summed E-state index contributed by atoms with van der Waals surface area (Å²) in [6.07, 6.45) is 1.53. The zero-order valence-electron chi connectivity index (χ0n) is 13.8. The summed E-state index contributed by atoms with van der Waals surface area (Å²) in [7, 11) is 1.62. The molecule has 0 saturated heterocycles. The minimum Gasteiger partial charge on any atom is -0.497 e. The monoisotopic (exact) mass is 430 g/mol. The number of guanidine groups is 1. The number of benzene rings is 1. The second kappa shape index (κ2) is 8.14. The van der Waals surface area contributed by atoms with Crippen LogP contribution in [0.15, 0.2) is 35.6 Å². The number of ether oxygens (including phenoxy) is 1. The van der Waals surface area contributed by atoms with Crippen LogP contribution in [0.4, 0.5) is 5.69 Å².